The summed E-state index contributed by atoms with van der Waals surface area (Å²) in [5.74, 6) is -1.70. The molecule has 0 aliphatic heterocycles. The fourth-order valence-electron chi connectivity index (χ4n) is 1.89. The summed E-state index contributed by atoms with van der Waals surface area (Å²) in [5, 5.41) is 14.4. The van der Waals surface area contributed by atoms with Crippen molar-refractivity contribution in [2.45, 2.75) is 13.0 Å². The fraction of sp³-hybridized carbons (Fsp3) is 0.250. The van der Waals surface area contributed by atoms with Crippen molar-refractivity contribution in [3.8, 4) is 0 Å². The van der Waals surface area contributed by atoms with Crippen LogP contribution in [0, 0.1) is 18.6 Å². The van der Waals surface area contributed by atoms with Crippen LogP contribution in [0.4, 0.5) is 8.78 Å². The second-order valence-electron chi connectivity index (χ2n) is 4.07. The molecule has 1 heterocycles. The first-order valence-electron chi connectivity index (χ1n) is 5.35. The number of nitrogens with zero attached hydrogens (tertiary/aromatic N) is 2. The van der Waals surface area contributed by atoms with Crippen molar-refractivity contribution in [1.29, 1.82) is 0 Å². The molecule has 0 fully saturated rings. The molecule has 0 amide bonds. The molecular formula is C12H10BrClF2N2O. The largest absolute Gasteiger partial charge is 0.383 e. The Labute approximate surface area is 121 Å². The van der Waals surface area contributed by atoms with Crippen molar-refractivity contribution in [1.82, 2.24) is 9.78 Å². The van der Waals surface area contributed by atoms with Gasteiger partial charge in [-0.2, -0.15) is 5.10 Å². The van der Waals surface area contributed by atoms with Gasteiger partial charge in [0.2, 0.25) is 0 Å². The topological polar surface area (TPSA) is 38.0 Å². The van der Waals surface area contributed by atoms with Gasteiger partial charge in [-0.3, -0.25) is 4.68 Å². The minimum absolute atomic E-state index is 0.0700. The number of aliphatic hydroxyl groups is 1. The van der Waals surface area contributed by atoms with Crippen LogP contribution in [0.2, 0.25) is 5.15 Å². The molecule has 102 valence electrons. The lowest BCUT2D eigenvalue weighted by Gasteiger charge is -2.14. The summed E-state index contributed by atoms with van der Waals surface area (Å²) in [4.78, 5) is 0. The summed E-state index contributed by atoms with van der Waals surface area (Å²) in [7, 11) is 1.58. The Morgan fingerprint density at radius 2 is 2.00 bits per heavy atom. The molecule has 0 aliphatic rings. The maximum atomic E-state index is 14.0. The lowest BCUT2D eigenvalue weighted by Crippen LogP contribution is -2.07. The number of aryl methyl sites for hydroxylation is 2. The highest BCUT2D eigenvalue weighted by molar-refractivity contribution is 9.10. The molecule has 1 unspecified atom stereocenters. The molecule has 1 aromatic carbocycles. The van der Waals surface area contributed by atoms with Crippen molar-refractivity contribution in [3.05, 3.63) is 50.2 Å². The highest BCUT2D eigenvalue weighted by Gasteiger charge is 2.27. The van der Waals surface area contributed by atoms with Gasteiger partial charge in [0.25, 0.3) is 0 Å². The number of hydrogen-bond donors (Lipinski definition) is 1. The van der Waals surface area contributed by atoms with Gasteiger partial charge < -0.3 is 5.11 Å². The van der Waals surface area contributed by atoms with Crippen LogP contribution >= 0.6 is 27.5 Å². The molecule has 3 nitrogen and oxygen atoms in total. The normalized spacial score (nSPS) is 12.8. The van der Waals surface area contributed by atoms with Crippen molar-refractivity contribution < 1.29 is 13.9 Å². The average Bonchev–Trinajstić information content (AvgIpc) is 2.58. The van der Waals surface area contributed by atoms with Gasteiger partial charge >= 0.3 is 0 Å². The molecule has 1 aromatic heterocycles. The number of aromatic nitrogens is 2. The van der Waals surface area contributed by atoms with Gasteiger partial charge in [-0.25, -0.2) is 8.78 Å². The SMILES string of the molecule is Cc1nn(C)c(Cl)c1C(O)c1c(F)ccc(Br)c1F. The number of hydrogen-bond acceptors (Lipinski definition) is 2. The van der Waals surface area contributed by atoms with Gasteiger partial charge in [-0.15, -0.1) is 0 Å². The molecule has 0 saturated carbocycles. The second-order valence-corrected chi connectivity index (χ2v) is 5.29. The predicted octanol–water partition coefficient (Wildman–Crippen LogP) is 3.50. The van der Waals surface area contributed by atoms with Crippen LogP contribution in [0.25, 0.3) is 0 Å². The Balaban J connectivity index is 2.62. The molecular weight excluding hydrogens is 341 g/mol. The highest BCUT2D eigenvalue weighted by Crippen LogP contribution is 2.35. The number of benzene rings is 1. The second kappa shape index (κ2) is 5.19. The first kappa shape index (κ1) is 14.4. The van der Waals surface area contributed by atoms with Crippen LogP contribution in [0.15, 0.2) is 16.6 Å². The summed E-state index contributed by atoms with van der Waals surface area (Å²) in [6.45, 7) is 1.61. The Bertz CT molecular complexity index is 645. The van der Waals surface area contributed by atoms with Gasteiger partial charge in [0, 0.05) is 12.6 Å². The Morgan fingerprint density at radius 3 is 2.53 bits per heavy atom. The first-order valence-corrected chi connectivity index (χ1v) is 6.52. The van der Waals surface area contributed by atoms with E-state index in [0.717, 1.165) is 6.07 Å². The zero-order chi connectivity index (χ0) is 14.3. The van der Waals surface area contributed by atoms with Gasteiger partial charge in [-0.1, -0.05) is 11.6 Å². The molecule has 2 aromatic rings. The molecule has 1 N–H and O–H groups in total. The van der Waals surface area contributed by atoms with Gasteiger partial charge in [0.05, 0.1) is 15.7 Å². The smallest absolute Gasteiger partial charge is 0.146 e. The molecule has 19 heavy (non-hydrogen) atoms. The molecule has 0 saturated heterocycles. The Hall–Kier alpha value is -0.980. The summed E-state index contributed by atoms with van der Waals surface area (Å²) in [6, 6.07) is 2.31. The molecule has 0 aliphatic carbocycles. The van der Waals surface area contributed by atoms with E-state index < -0.39 is 23.3 Å². The van der Waals surface area contributed by atoms with E-state index in [-0.39, 0.29) is 15.2 Å². The van der Waals surface area contributed by atoms with Gasteiger partial charge in [0.1, 0.15) is 22.9 Å². The Kier molecular flexibility index (Phi) is 3.94. The highest BCUT2D eigenvalue weighted by atomic mass is 79.9. The van der Waals surface area contributed by atoms with Gasteiger partial charge in [-0.05, 0) is 35.0 Å². The zero-order valence-corrected chi connectivity index (χ0v) is 12.4. The van der Waals surface area contributed by atoms with Crippen molar-refractivity contribution in [2.24, 2.45) is 7.05 Å². The first-order chi connectivity index (χ1) is 8.84. The van der Waals surface area contributed by atoms with E-state index in [1.807, 2.05) is 0 Å². The van der Waals surface area contributed by atoms with Crippen LogP contribution in [-0.4, -0.2) is 14.9 Å². The molecule has 0 bridgehead atoms. The molecule has 2 rings (SSSR count). The van der Waals surface area contributed by atoms with E-state index in [1.165, 1.54) is 10.7 Å². The van der Waals surface area contributed by atoms with Crippen molar-refractivity contribution in [2.75, 3.05) is 0 Å². The number of rotatable bonds is 2. The maximum Gasteiger partial charge on any atom is 0.146 e. The average molecular weight is 352 g/mol. The molecule has 1 atom stereocenters. The van der Waals surface area contributed by atoms with Crippen molar-refractivity contribution in [3.63, 3.8) is 0 Å². The fourth-order valence-corrected chi connectivity index (χ4v) is 2.52. The summed E-state index contributed by atoms with van der Waals surface area (Å²) in [5.41, 5.74) is 0.159. The minimum atomic E-state index is -1.52. The third-order valence-electron chi connectivity index (χ3n) is 2.82. The maximum absolute atomic E-state index is 14.0. The molecule has 0 spiro atoms. The van der Waals surface area contributed by atoms with Gasteiger partial charge in [0.15, 0.2) is 0 Å². The summed E-state index contributed by atoms with van der Waals surface area (Å²) in [6.07, 6.45) is -1.52. The monoisotopic (exact) mass is 350 g/mol. The molecule has 0 radical (unpaired) electrons. The van der Waals surface area contributed by atoms with Crippen molar-refractivity contribution >= 4 is 27.5 Å². The zero-order valence-electron chi connectivity index (χ0n) is 10.1. The standard InChI is InChI=1S/C12H10BrClF2N2O/c1-5-8(12(14)18(2)17-5)11(19)9-7(15)4-3-6(13)10(9)16/h3-4,11,19H,1-2H3. The number of halogens is 4. The van der Waals surface area contributed by atoms with E-state index in [1.54, 1.807) is 14.0 Å². The third kappa shape index (κ3) is 2.40. The van der Waals surface area contributed by atoms with Crippen LogP contribution in [0.3, 0.4) is 0 Å². The number of aliphatic hydroxyl groups excluding tert-OH is 1. The van der Waals surface area contributed by atoms with Crippen LogP contribution in [-0.2, 0) is 7.05 Å². The lowest BCUT2D eigenvalue weighted by molar-refractivity contribution is 0.208. The van der Waals surface area contributed by atoms with E-state index >= 15 is 0 Å². The summed E-state index contributed by atoms with van der Waals surface area (Å²) >= 11 is 8.94. The summed E-state index contributed by atoms with van der Waals surface area (Å²) < 4.78 is 29.1. The van der Waals surface area contributed by atoms with E-state index in [2.05, 4.69) is 21.0 Å². The van der Waals surface area contributed by atoms with E-state index in [4.69, 9.17) is 11.6 Å². The lowest BCUT2D eigenvalue weighted by atomic mass is 10.0. The van der Waals surface area contributed by atoms with E-state index in [9.17, 15) is 13.9 Å². The predicted molar refractivity (Wildman–Crippen MR) is 71.1 cm³/mol. The van der Waals surface area contributed by atoms with Crippen LogP contribution in [0.1, 0.15) is 22.9 Å². The minimum Gasteiger partial charge on any atom is -0.383 e. The third-order valence-corrected chi connectivity index (χ3v) is 3.88. The molecule has 7 heteroatoms. The van der Waals surface area contributed by atoms with Crippen LogP contribution < -0.4 is 0 Å². The Morgan fingerprint density at radius 1 is 1.37 bits per heavy atom. The van der Waals surface area contributed by atoms with Crippen LogP contribution in [0.5, 0.6) is 0 Å². The quantitative estimate of drug-likeness (QED) is 0.841. The van der Waals surface area contributed by atoms with E-state index in [0.29, 0.717) is 5.69 Å².